The molecule has 0 radical (unpaired) electrons. The lowest BCUT2D eigenvalue weighted by Gasteiger charge is -2.38. The van der Waals surface area contributed by atoms with Crippen molar-refractivity contribution in [3.05, 3.63) is 0 Å². The van der Waals surface area contributed by atoms with Gasteiger partial charge in [-0.2, -0.15) is 0 Å². The number of carbonyl (C=O) groups excluding carboxylic acids is 1. The standard InChI is InChI=1S/C18H32N2O2.ClH/c1-14-6-8-16(9-7-14)20(13-17-5-3-11-22-17)18(21)12-15-4-2-10-19-15;/h14-17,19H,2-13H2,1H3;1H. The van der Waals surface area contributed by atoms with Crippen molar-refractivity contribution in [3.63, 3.8) is 0 Å². The van der Waals surface area contributed by atoms with E-state index in [0.717, 1.165) is 44.9 Å². The van der Waals surface area contributed by atoms with Crippen LogP contribution in [-0.4, -0.2) is 48.7 Å². The van der Waals surface area contributed by atoms with Crippen LogP contribution in [0.15, 0.2) is 0 Å². The Morgan fingerprint density at radius 2 is 1.91 bits per heavy atom. The third-order valence-corrected chi connectivity index (χ3v) is 5.75. The van der Waals surface area contributed by atoms with Crippen LogP contribution >= 0.6 is 12.4 Å². The maximum Gasteiger partial charge on any atom is 0.224 e. The lowest BCUT2D eigenvalue weighted by molar-refractivity contribution is -0.136. The molecule has 134 valence electrons. The number of carbonyl (C=O) groups is 1. The van der Waals surface area contributed by atoms with E-state index >= 15 is 0 Å². The van der Waals surface area contributed by atoms with Crippen molar-refractivity contribution < 1.29 is 9.53 Å². The molecule has 4 nitrogen and oxygen atoms in total. The summed E-state index contributed by atoms with van der Waals surface area (Å²) in [6.45, 7) is 5.11. The van der Waals surface area contributed by atoms with Crippen molar-refractivity contribution in [1.29, 1.82) is 0 Å². The lowest BCUT2D eigenvalue weighted by atomic mass is 9.86. The first-order valence-corrected chi connectivity index (χ1v) is 9.37. The predicted molar refractivity (Wildman–Crippen MR) is 95.0 cm³/mol. The maximum absolute atomic E-state index is 12.9. The zero-order chi connectivity index (χ0) is 15.4. The van der Waals surface area contributed by atoms with Gasteiger partial charge in [0.15, 0.2) is 0 Å². The summed E-state index contributed by atoms with van der Waals surface area (Å²) in [4.78, 5) is 15.1. The molecule has 2 heterocycles. The van der Waals surface area contributed by atoms with E-state index in [-0.39, 0.29) is 18.5 Å². The molecule has 0 aromatic heterocycles. The van der Waals surface area contributed by atoms with Crippen LogP contribution in [0, 0.1) is 5.92 Å². The largest absolute Gasteiger partial charge is 0.376 e. The fraction of sp³-hybridized carbons (Fsp3) is 0.944. The van der Waals surface area contributed by atoms with E-state index < -0.39 is 0 Å². The van der Waals surface area contributed by atoms with Crippen LogP contribution in [0.4, 0.5) is 0 Å². The van der Waals surface area contributed by atoms with Crippen LogP contribution in [0.2, 0.25) is 0 Å². The summed E-state index contributed by atoms with van der Waals surface area (Å²) in [5.74, 6) is 1.18. The summed E-state index contributed by atoms with van der Waals surface area (Å²) >= 11 is 0. The molecule has 2 atom stereocenters. The average molecular weight is 345 g/mol. The second kappa shape index (κ2) is 9.24. The summed E-state index contributed by atoms with van der Waals surface area (Å²) in [5.41, 5.74) is 0. The Hall–Kier alpha value is -0.320. The molecule has 23 heavy (non-hydrogen) atoms. The van der Waals surface area contributed by atoms with Gasteiger partial charge in [0.25, 0.3) is 0 Å². The van der Waals surface area contributed by atoms with Gasteiger partial charge in [0, 0.05) is 31.7 Å². The molecule has 2 unspecified atom stereocenters. The van der Waals surface area contributed by atoms with Crippen molar-refractivity contribution in [2.24, 2.45) is 5.92 Å². The number of nitrogens with zero attached hydrogens (tertiary/aromatic N) is 1. The summed E-state index contributed by atoms with van der Waals surface area (Å²) in [7, 11) is 0. The van der Waals surface area contributed by atoms with E-state index in [0.29, 0.717) is 24.4 Å². The van der Waals surface area contributed by atoms with Crippen molar-refractivity contribution in [1.82, 2.24) is 10.2 Å². The van der Waals surface area contributed by atoms with Crippen molar-refractivity contribution in [2.45, 2.75) is 82.9 Å². The fourth-order valence-electron chi connectivity index (χ4n) is 4.28. The van der Waals surface area contributed by atoms with Gasteiger partial charge in [-0.1, -0.05) is 6.92 Å². The molecule has 1 saturated carbocycles. The van der Waals surface area contributed by atoms with Crippen LogP contribution in [-0.2, 0) is 9.53 Å². The minimum Gasteiger partial charge on any atom is -0.376 e. The van der Waals surface area contributed by atoms with E-state index in [4.69, 9.17) is 4.74 Å². The highest BCUT2D eigenvalue weighted by Crippen LogP contribution is 2.29. The van der Waals surface area contributed by atoms with Crippen molar-refractivity contribution in [3.8, 4) is 0 Å². The second-order valence-corrected chi connectivity index (χ2v) is 7.59. The van der Waals surface area contributed by atoms with Gasteiger partial charge in [-0.15, -0.1) is 12.4 Å². The molecule has 0 spiro atoms. The van der Waals surface area contributed by atoms with Crippen LogP contribution in [0.3, 0.4) is 0 Å². The molecule has 1 aliphatic carbocycles. The number of hydrogen-bond acceptors (Lipinski definition) is 3. The second-order valence-electron chi connectivity index (χ2n) is 7.59. The predicted octanol–water partition coefficient (Wildman–Crippen LogP) is 3.14. The molecule has 0 aromatic carbocycles. The number of nitrogens with one attached hydrogen (secondary N) is 1. The Morgan fingerprint density at radius 3 is 2.52 bits per heavy atom. The topological polar surface area (TPSA) is 41.6 Å². The van der Waals surface area contributed by atoms with E-state index in [1.54, 1.807) is 0 Å². The molecule has 1 amide bonds. The lowest BCUT2D eigenvalue weighted by Crippen LogP contribution is -2.47. The SMILES string of the molecule is CC1CCC(N(CC2CCCO2)C(=O)CC2CCCN2)CC1.Cl. The number of rotatable bonds is 5. The van der Waals surface area contributed by atoms with Crippen LogP contribution < -0.4 is 5.32 Å². The van der Waals surface area contributed by atoms with Gasteiger partial charge in [-0.3, -0.25) is 4.79 Å². The molecule has 3 fully saturated rings. The van der Waals surface area contributed by atoms with E-state index in [9.17, 15) is 4.79 Å². The van der Waals surface area contributed by atoms with Gasteiger partial charge in [0.2, 0.25) is 5.91 Å². The number of halogens is 1. The van der Waals surface area contributed by atoms with Gasteiger partial charge in [-0.25, -0.2) is 0 Å². The summed E-state index contributed by atoms with van der Waals surface area (Å²) in [6.07, 6.45) is 10.5. The van der Waals surface area contributed by atoms with Crippen molar-refractivity contribution >= 4 is 18.3 Å². The summed E-state index contributed by atoms with van der Waals surface area (Å²) in [6, 6.07) is 0.858. The van der Waals surface area contributed by atoms with Gasteiger partial charge < -0.3 is 15.0 Å². The molecule has 2 aliphatic heterocycles. The Kier molecular flexibility index (Phi) is 7.64. The Bertz CT molecular complexity index is 360. The van der Waals surface area contributed by atoms with E-state index in [2.05, 4.69) is 17.1 Å². The minimum absolute atomic E-state index is 0. The monoisotopic (exact) mass is 344 g/mol. The average Bonchev–Trinajstić information content (AvgIpc) is 3.19. The molecule has 0 aromatic rings. The van der Waals surface area contributed by atoms with E-state index in [1.807, 2.05) is 0 Å². The summed E-state index contributed by atoms with van der Waals surface area (Å²) in [5, 5.41) is 3.47. The highest BCUT2D eigenvalue weighted by Gasteiger charge is 2.32. The first-order valence-electron chi connectivity index (χ1n) is 9.37. The van der Waals surface area contributed by atoms with Gasteiger partial charge in [-0.05, 0) is 63.8 Å². The fourth-order valence-corrected chi connectivity index (χ4v) is 4.28. The first kappa shape index (κ1) is 19.0. The van der Waals surface area contributed by atoms with Gasteiger partial charge in [0.1, 0.15) is 0 Å². The third-order valence-electron chi connectivity index (χ3n) is 5.75. The molecule has 5 heteroatoms. The Labute approximate surface area is 147 Å². The third kappa shape index (κ3) is 5.33. The van der Waals surface area contributed by atoms with Crippen LogP contribution in [0.1, 0.15) is 64.7 Å². The minimum atomic E-state index is 0. The van der Waals surface area contributed by atoms with Crippen LogP contribution in [0.25, 0.3) is 0 Å². The maximum atomic E-state index is 12.9. The normalized spacial score (nSPS) is 34.1. The smallest absolute Gasteiger partial charge is 0.224 e. The number of hydrogen-bond donors (Lipinski definition) is 1. The molecular weight excluding hydrogens is 312 g/mol. The zero-order valence-electron chi connectivity index (χ0n) is 14.5. The molecule has 1 N–H and O–H groups in total. The van der Waals surface area contributed by atoms with Crippen LogP contribution in [0.5, 0.6) is 0 Å². The Morgan fingerprint density at radius 1 is 1.13 bits per heavy atom. The summed E-state index contributed by atoms with van der Waals surface area (Å²) < 4.78 is 5.81. The van der Waals surface area contributed by atoms with E-state index in [1.165, 1.54) is 32.1 Å². The number of ether oxygens (including phenoxy) is 1. The molecule has 0 bridgehead atoms. The number of amides is 1. The molecule has 3 rings (SSSR count). The van der Waals surface area contributed by atoms with Gasteiger partial charge in [0.05, 0.1) is 6.10 Å². The molecule has 2 saturated heterocycles. The quantitative estimate of drug-likeness (QED) is 0.833. The van der Waals surface area contributed by atoms with Crippen molar-refractivity contribution in [2.75, 3.05) is 19.7 Å². The first-order chi connectivity index (χ1) is 10.7. The zero-order valence-corrected chi connectivity index (χ0v) is 15.3. The molecular formula is C18H33ClN2O2. The van der Waals surface area contributed by atoms with Gasteiger partial charge >= 0.3 is 0 Å². The Balaban J connectivity index is 0.00000192. The highest BCUT2D eigenvalue weighted by atomic mass is 35.5. The highest BCUT2D eigenvalue weighted by molar-refractivity contribution is 5.85. The molecule has 3 aliphatic rings.